The molecule has 3 unspecified atom stereocenters. The lowest BCUT2D eigenvalue weighted by atomic mass is 9.84. The minimum Gasteiger partial charge on any atom is -0.465 e. The molecule has 0 amide bonds. The first-order valence-corrected chi connectivity index (χ1v) is 13.1. The summed E-state index contributed by atoms with van der Waals surface area (Å²) in [5, 5.41) is 0.468. The van der Waals surface area contributed by atoms with Gasteiger partial charge in [0.25, 0.3) is 0 Å². The molecule has 0 bridgehead atoms. The summed E-state index contributed by atoms with van der Waals surface area (Å²) in [5.41, 5.74) is 9.10. The monoisotopic (exact) mass is 459 g/mol. The number of rotatable bonds is 11. The lowest BCUT2D eigenvalue weighted by molar-refractivity contribution is 0.0606. The van der Waals surface area contributed by atoms with Gasteiger partial charge in [-0.1, -0.05) is 50.5 Å². The van der Waals surface area contributed by atoms with Crippen LogP contribution in [-0.4, -0.2) is 18.3 Å². The standard InChI is InChI=1S/C26H37NO2S2/c1-3-4-5-9-23(27)19-12-10-18(11-13-19)21-15-16-24(30)22(21)8-6-7-20-14-17-25(31-20)26(28)29-2/h10-14,17,21-24,30H,3-9,15-16,27H2,1-2H3/t21?,22-,23?,24?/m1/s1. The lowest BCUT2D eigenvalue weighted by Crippen LogP contribution is -2.15. The molecular formula is C26H37NO2S2. The summed E-state index contributed by atoms with van der Waals surface area (Å²) in [7, 11) is 1.43. The van der Waals surface area contributed by atoms with Crippen molar-refractivity contribution in [1.29, 1.82) is 0 Å². The van der Waals surface area contributed by atoms with E-state index in [1.54, 1.807) is 11.3 Å². The van der Waals surface area contributed by atoms with Crippen LogP contribution in [0.15, 0.2) is 36.4 Å². The molecule has 0 spiro atoms. The van der Waals surface area contributed by atoms with Gasteiger partial charge in [0.1, 0.15) is 4.88 Å². The molecule has 0 saturated heterocycles. The minimum absolute atomic E-state index is 0.151. The van der Waals surface area contributed by atoms with Crippen LogP contribution in [0.5, 0.6) is 0 Å². The molecule has 5 heteroatoms. The summed E-state index contributed by atoms with van der Waals surface area (Å²) in [6.45, 7) is 2.23. The number of aryl methyl sites for hydroxylation is 1. The summed E-state index contributed by atoms with van der Waals surface area (Å²) >= 11 is 6.47. The normalized spacial score (nSPS) is 21.9. The van der Waals surface area contributed by atoms with Crippen molar-refractivity contribution in [3.8, 4) is 0 Å². The van der Waals surface area contributed by atoms with Crippen LogP contribution in [0.3, 0.4) is 0 Å². The highest BCUT2D eigenvalue weighted by Gasteiger charge is 2.34. The van der Waals surface area contributed by atoms with E-state index in [4.69, 9.17) is 23.1 Å². The zero-order chi connectivity index (χ0) is 22.2. The Balaban J connectivity index is 1.55. The molecule has 4 atom stereocenters. The number of carbonyl (C=O) groups is 1. The van der Waals surface area contributed by atoms with Crippen molar-refractivity contribution in [3.05, 3.63) is 57.3 Å². The van der Waals surface area contributed by atoms with E-state index in [1.807, 2.05) is 6.07 Å². The van der Waals surface area contributed by atoms with Crippen LogP contribution < -0.4 is 5.73 Å². The number of benzene rings is 1. The quantitative estimate of drug-likeness (QED) is 0.218. The van der Waals surface area contributed by atoms with Crippen molar-refractivity contribution >= 4 is 29.9 Å². The molecule has 1 fully saturated rings. The molecule has 0 aliphatic heterocycles. The Morgan fingerprint density at radius 2 is 1.94 bits per heavy atom. The van der Waals surface area contributed by atoms with Crippen LogP contribution >= 0.6 is 24.0 Å². The number of hydrogen-bond acceptors (Lipinski definition) is 5. The van der Waals surface area contributed by atoms with E-state index in [9.17, 15) is 4.79 Å². The number of hydrogen-bond donors (Lipinski definition) is 2. The highest BCUT2D eigenvalue weighted by Crippen LogP contribution is 2.45. The average Bonchev–Trinajstić information content (AvgIpc) is 3.40. The molecule has 2 N–H and O–H groups in total. The second-order valence-electron chi connectivity index (χ2n) is 8.83. The Morgan fingerprint density at radius 3 is 2.65 bits per heavy atom. The minimum atomic E-state index is -0.240. The molecule has 1 heterocycles. The highest BCUT2D eigenvalue weighted by atomic mass is 32.1. The Morgan fingerprint density at radius 1 is 1.16 bits per heavy atom. The maximum Gasteiger partial charge on any atom is 0.348 e. The zero-order valence-corrected chi connectivity index (χ0v) is 20.6. The van der Waals surface area contributed by atoms with E-state index in [2.05, 4.69) is 37.3 Å². The second kappa shape index (κ2) is 12.1. The van der Waals surface area contributed by atoms with Crippen molar-refractivity contribution in [2.45, 2.75) is 81.9 Å². The highest BCUT2D eigenvalue weighted by molar-refractivity contribution is 7.81. The van der Waals surface area contributed by atoms with Crippen LogP contribution in [0.25, 0.3) is 0 Å². The number of thiophene rings is 1. The maximum atomic E-state index is 11.7. The van der Waals surface area contributed by atoms with Gasteiger partial charge < -0.3 is 10.5 Å². The maximum absolute atomic E-state index is 11.7. The van der Waals surface area contributed by atoms with Crippen LogP contribution in [0.4, 0.5) is 0 Å². The number of carbonyl (C=O) groups excluding carboxylic acids is 1. The van der Waals surface area contributed by atoms with Gasteiger partial charge in [0.15, 0.2) is 0 Å². The van der Waals surface area contributed by atoms with Crippen molar-refractivity contribution in [2.24, 2.45) is 11.7 Å². The fourth-order valence-electron chi connectivity index (χ4n) is 4.86. The smallest absolute Gasteiger partial charge is 0.348 e. The molecule has 3 rings (SSSR count). The van der Waals surface area contributed by atoms with Crippen molar-refractivity contribution < 1.29 is 9.53 Å². The van der Waals surface area contributed by atoms with Crippen LogP contribution in [0.1, 0.15) is 95.9 Å². The SMILES string of the molecule is CCCCCC(N)c1ccc(C2CCC(S)[C@@H]2CCCc2ccc(C(=O)OC)s2)cc1. The van der Waals surface area contributed by atoms with Gasteiger partial charge in [0.2, 0.25) is 0 Å². The number of methoxy groups -OCH3 is 1. The van der Waals surface area contributed by atoms with Gasteiger partial charge in [-0.2, -0.15) is 12.6 Å². The third-order valence-corrected chi connectivity index (χ3v) is 8.47. The zero-order valence-electron chi connectivity index (χ0n) is 18.9. The fraction of sp³-hybridized carbons (Fsp3) is 0.577. The number of unbranched alkanes of at least 4 members (excludes halogenated alkanes) is 2. The van der Waals surface area contributed by atoms with E-state index in [0.29, 0.717) is 22.0 Å². The second-order valence-corrected chi connectivity index (χ2v) is 10.7. The number of esters is 1. The predicted octanol–water partition coefficient (Wildman–Crippen LogP) is 6.93. The van der Waals surface area contributed by atoms with E-state index in [-0.39, 0.29) is 12.0 Å². The Hall–Kier alpha value is -1.30. The third kappa shape index (κ3) is 6.59. The van der Waals surface area contributed by atoms with Gasteiger partial charge in [-0.05, 0) is 73.6 Å². The topological polar surface area (TPSA) is 52.3 Å². The number of thiol groups is 1. The van der Waals surface area contributed by atoms with E-state index < -0.39 is 0 Å². The molecule has 170 valence electrons. The van der Waals surface area contributed by atoms with Gasteiger partial charge >= 0.3 is 5.97 Å². The molecule has 31 heavy (non-hydrogen) atoms. The molecular weight excluding hydrogens is 422 g/mol. The van der Waals surface area contributed by atoms with Crippen LogP contribution in [-0.2, 0) is 11.2 Å². The van der Waals surface area contributed by atoms with Crippen LogP contribution in [0, 0.1) is 5.92 Å². The molecule has 1 saturated carbocycles. The first kappa shape index (κ1) is 24.3. The fourth-order valence-corrected chi connectivity index (χ4v) is 6.33. The van der Waals surface area contributed by atoms with E-state index in [0.717, 1.165) is 19.3 Å². The van der Waals surface area contributed by atoms with Gasteiger partial charge in [-0.3, -0.25) is 0 Å². The largest absolute Gasteiger partial charge is 0.465 e. The summed E-state index contributed by atoms with van der Waals surface area (Å²) in [5.74, 6) is 0.949. The van der Waals surface area contributed by atoms with Gasteiger partial charge in [-0.15, -0.1) is 11.3 Å². The molecule has 1 aliphatic rings. The molecule has 3 nitrogen and oxygen atoms in total. The third-order valence-electron chi connectivity index (χ3n) is 6.70. The molecule has 1 aromatic carbocycles. The Labute approximate surface area is 197 Å². The molecule has 2 aromatic rings. The average molecular weight is 460 g/mol. The van der Waals surface area contributed by atoms with E-state index >= 15 is 0 Å². The van der Waals surface area contributed by atoms with Crippen molar-refractivity contribution in [1.82, 2.24) is 0 Å². The predicted molar refractivity (Wildman–Crippen MR) is 134 cm³/mol. The molecule has 1 aromatic heterocycles. The molecule has 1 aliphatic carbocycles. The van der Waals surface area contributed by atoms with Gasteiger partial charge in [-0.25, -0.2) is 4.79 Å². The summed E-state index contributed by atoms with van der Waals surface area (Å²) in [4.78, 5) is 13.6. The summed E-state index contributed by atoms with van der Waals surface area (Å²) < 4.78 is 4.81. The first-order chi connectivity index (χ1) is 15.0. The number of nitrogens with two attached hydrogens (primary N) is 1. The summed E-state index contributed by atoms with van der Waals surface area (Å²) in [6.07, 6.45) is 10.5. The Bertz CT molecular complexity index is 817. The van der Waals surface area contributed by atoms with Crippen molar-refractivity contribution in [2.75, 3.05) is 7.11 Å². The van der Waals surface area contributed by atoms with E-state index in [1.165, 1.54) is 61.6 Å². The Kier molecular flexibility index (Phi) is 9.48. The number of ether oxygens (including phenoxy) is 1. The van der Waals surface area contributed by atoms with Gasteiger partial charge in [0, 0.05) is 16.2 Å². The van der Waals surface area contributed by atoms with Crippen LogP contribution in [0.2, 0.25) is 0 Å². The summed E-state index contributed by atoms with van der Waals surface area (Å²) in [6, 6.07) is 13.2. The van der Waals surface area contributed by atoms with Gasteiger partial charge in [0.05, 0.1) is 7.11 Å². The first-order valence-electron chi connectivity index (χ1n) is 11.7. The molecule has 0 radical (unpaired) electrons. The lowest BCUT2D eigenvalue weighted by Gasteiger charge is -2.23. The van der Waals surface area contributed by atoms with Crippen molar-refractivity contribution in [3.63, 3.8) is 0 Å².